The minimum Gasteiger partial charge on any atom is -0.298 e. The van der Waals surface area contributed by atoms with E-state index in [0.717, 1.165) is 49.4 Å². The third kappa shape index (κ3) is 4.39. The first-order valence-electron chi connectivity index (χ1n) is 10.7. The van der Waals surface area contributed by atoms with E-state index in [1.165, 1.54) is 17.7 Å². The molecule has 0 amide bonds. The van der Waals surface area contributed by atoms with Crippen LogP contribution in [0, 0.1) is 5.82 Å². The van der Waals surface area contributed by atoms with Gasteiger partial charge in [0.15, 0.2) is 0 Å². The second kappa shape index (κ2) is 8.78. The van der Waals surface area contributed by atoms with Crippen molar-refractivity contribution in [3.63, 3.8) is 0 Å². The Morgan fingerprint density at radius 3 is 2.48 bits per heavy atom. The van der Waals surface area contributed by atoms with Gasteiger partial charge in [-0.1, -0.05) is 30.3 Å². The molecule has 4 aromatic rings. The summed E-state index contributed by atoms with van der Waals surface area (Å²) in [6.45, 7) is 2.99. The Balaban J connectivity index is 1.47. The van der Waals surface area contributed by atoms with E-state index in [1.807, 2.05) is 4.68 Å². The quantitative estimate of drug-likeness (QED) is 0.469. The monoisotopic (exact) mass is 413 g/mol. The normalized spacial score (nSPS) is 17.0. The third-order valence-electron chi connectivity index (χ3n) is 5.79. The molecule has 1 aliphatic rings. The van der Waals surface area contributed by atoms with Crippen molar-refractivity contribution in [3.05, 3.63) is 96.2 Å². The number of likely N-dealkylation sites (tertiary alicyclic amines) is 1. The number of piperidine rings is 1. The van der Waals surface area contributed by atoms with Gasteiger partial charge in [-0.15, -0.1) is 0 Å². The summed E-state index contributed by atoms with van der Waals surface area (Å²) in [4.78, 5) is 11.4. The fourth-order valence-corrected chi connectivity index (χ4v) is 4.29. The van der Waals surface area contributed by atoms with Crippen LogP contribution in [0.4, 0.5) is 4.39 Å². The molecule has 156 valence electrons. The van der Waals surface area contributed by atoms with E-state index in [1.54, 1.807) is 30.6 Å². The second-order valence-corrected chi connectivity index (χ2v) is 7.98. The largest absolute Gasteiger partial charge is 0.298 e. The van der Waals surface area contributed by atoms with Crippen LogP contribution < -0.4 is 0 Å². The molecule has 2 aromatic carbocycles. The molecule has 1 aliphatic heterocycles. The van der Waals surface area contributed by atoms with Crippen molar-refractivity contribution in [1.82, 2.24) is 24.6 Å². The van der Waals surface area contributed by atoms with Crippen LogP contribution in [0.1, 0.15) is 30.0 Å². The lowest BCUT2D eigenvalue weighted by Gasteiger charge is -2.32. The van der Waals surface area contributed by atoms with Crippen LogP contribution in [0.25, 0.3) is 17.2 Å². The predicted octanol–water partition coefficient (Wildman–Crippen LogP) is 4.85. The Morgan fingerprint density at radius 2 is 1.71 bits per heavy atom. The zero-order valence-electron chi connectivity index (χ0n) is 17.2. The van der Waals surface area contributed by atoms with Crippen molar-refractivity contribution in [2.75, 3.05) is 13.1 Å². The molecule has 0 aliphatic carbocycles. The van der Waals surface area contributed by atoms with E-state index in [0.29, 0.717) is 11.9 Å². The summed E-state index contributed by atoms with van der Waals surface area (Å²) in [5.74, 6) is 0.632. The lowest BCUT2D eigenvalue weighted by Crippen LogP contribution is -2.34. The number of hydrogen-bond donors (Lipinski definition) is 0. The molecule has 0 radical (unpaired) electrons. The third-order valence-corrected chi connectivity index (χ3v) is 5.79. The van der Waals surface area contributed by atoms with Gasteiger partial charge in [-0.05, 0) is 61.3 Å². The predicted molar refractivity (Wildman–Crippen MR) is 118 cm³/mol. The summed E-state index contributed by atoms with van der Waals surface area (Å²) in [5, 5.41) is 4.82. The molecule has 0 saturated carbocycles. The Kier molecular flexibility index (Phi) is 5.54. The number of benzene rings is 2. The van der Waals surface area contributed by atoms with Gasteiger partial charge >= 0.3 is 0 Å². The minimum atomic E-state index is -0.251. The van der Waals surface area contributed by atoms with E-state index in [2.05, 4.69) is 51.3 Å². The average Bonchev–Trinajstić information content (AvgIpc) is 3.27. The van der Waals surface area contributed by atoms with Gasteiger partial charge in [0.1, 0.15) is 5.82 Å². The van der Waals surface area contributed by atoms with Gasteiger partial charge in [0, 0.05) is 37.0 Å². The Morgan fingerprint density at radius 1 is 0.935 bits per heavy atom. The highest BCUT2D eigenvalue weighted by Gasteiger charge is 2.26. The summed E-state index contributed by atoms with van der Waals surface area (Å²) >= 11 is 0. The molecule has 1 fully saturated rings. The lowest BCUT2D eigenvalue weighted by atomic mass is 9.93. The van der Waals surface area contributed by atoms with Crippen LogP contribution in [0.3, 0.4) is 0 Å². The summed E-state index contributed by atoms with van der Waals surface area (Å²) in [5.41, 5.74) is 4.12. The maximum atomic E-state index is 13.4. The van der Waals surface area contributed by atoms with Gasteiger partial charge in [0.25, 0.3) is 5.95 Å². The van der Waals surface area contributed by atoms with E-state index < -0.39 is 0 Å². The molecule has 1 saturated heterocycles. The zero-order valence-corrected chi connectivity index (χ0v) is 17.2. The standard InChI is InChI=1S/C25H24FN5/c26-22-11-9-20(10-12-22)23-16-24(31(29-23)25-27-13-5-14-28-25)21-8-4-15-30(18-21)17-19-6-2-1-3-7-19/h1-3,5-7,9-14,16,21H,4,8,15,17-18H2. The van der Waals surface area contributed by atoms with Crippen molar-refractivity contribution in [2.45, 2.75) is 25.3 Å². The van der Waals surface area contributed by atoms with Crippen LogP contribution in [0.5, 0.6) is 0 Å². The van der Waals surface area contributed by atoms with E-state index >= 15 is 0 Å². The van der Waals surface area contributed by atoms with Crippen LogP contribution in [-0.4, -0.2) is 37.7 Å². The van der Waals surface area contributed by atoms with Crippen molar-refractivity contribution in [1.29, 1.82) is 0 Å². The Bertz CT molecular complexity index is 1130. The van der Waals surface area contributed by atoms with Gasteiger partial charge in [0.05, 0.1) is 11.4 Å². The van der Waals surface area contributed by atoms with Crippen LogP contribution in [0.15, 0.2) is 79.1 Å². The van der Waals surface area contributed by atoms with Crippen LogP contribution >= 0.6 is 0 Å². The fraction of sp³-hybridized carbons (Fsp3) is 0.240. The number of halogens is 1. The zero-order chi connectivity index (χ0) is 21.0. The first-order chi connectivity index (χ1) is 15.3. The molecule has 2 aromatic heterocycles. The summed E-state index contributed by atoms with van der Waals surface area (Å²) in [7, 11) is 0. The Labute approximate surface area is 181 Å². The molecule has 1 unspecified atom stereocenters. The minimum absolute atomic E-state index is 0.251. The highest BCUT2D eigenvalue weighted by Crippen LogP contribution is 2.32. The highest BCUT2D eigenvalue weighted by atomic mass is 19.1. The van der Waals surface area contributed by atoms with Gasteiger partial charge in [-0.3, -0.25) is 4.90 Å². The molecule has 0 spiro atoms. The van der Waals surface area contributed by atoms with Gasteiger partial charge in [-0.25, -0.2) is 19.0 Å². The van der Waals surface area contributed by atoms with Crippen LogP contribution in [0.2, 0.25) is 0 Å². The SMILES string of the molecule is Fc1ccc(-c2cc(C3CCCN(Cc4ccccc4)C3)n(-c3ncccn3)n2)cc1. The van der Waals surface area contributed by atoms with Crippen molar-refractivity contribution >= 4 is 0 Å². The maximum Gasteiger partial charge on any atom is 0.250 e. The summed E-state index contributed by atoms with van der Waals surface area (Å²) < 4.78 is 15.3. The highest BCUT2D eigenvalue weighted by molar-refractivity contribution is 5.60. The van der Waals surface area contributed by atoms with Crippen molar-refractivity contribution < 1.29 is 4.39 Å². The average molecular weight is 414 g/mol. The van der Waals surface area contributed by atoms with Gasteiger partial charge in [-0.2, -0.15) is 5.10 Å². The maximum absolute atomic E-state index is 13.4. The summed E-state index contributed by atoms with van der Waals surface area (Å²) in [6, 6.07) is 21.0. The molecular formula is C25H24FN5. The Hall–Kier alpha value is -3.38. The summed E-state index contributed by atoms with van der Waals surface area (Å²) in [6.07, 6.45) is 5.68. The molecule has 5 rings (SSSR count). The molecular weight excluding hydrogens is 389 g/mol. The number of rotatable bonds is 5. The number of aromatic nitrogens is 4. The molecule has 3 heterocycles. The fourth-order valence-electron chi connectivity index (χ4n) is 4.29. The lowest BCUT2D eigenvalue weighted by molar-refractivity contribution is 0.197. The van der Waals surface area contributed by atoms with Crippen molar-refractivity contribution in [2.24, 2.45) is 0 Å². The molecule has 0 N–H and O–H groups in total. The van der Waals surface area contributed by atoms with Gasteiger partial charge < -0.3 is 0 Å². The molecule has 0 bridgehead atoms. The molecule has 1 atom stereocenters. The molecule has 31 heavy (non-hydrogen) atoms. The van der Waals surface area contributed by atoms with Gasteiger partial charge in [0.2, 0.25) is 0 Å². The number of nitrogens with zero attached hydrogens (tertiary/aromatic N) is 5. The second-order valence-electron chi connectivity index (χ2n) is 7.98. The van der Waals surface area contributed by atoms with E-state index in [4.69, 9.17) is 5.10 Å². The molecule has 5 nitrogen and oxygen atoms in total. The van der Waals surface area contributed by atoms with E-state index in [-0.39, 0.29) is 5.82 Å². The smallest absolute Gasteiger partial charge is 0.250 e. The van der Waals surface area contributed by atoms with Crippen molar-refractivity contribution in [3.8, 4) is 17.2 Å². The molecule has 6 heteroatoms. The van der Waals surface area contributed by atoms with Crippen LogP contribution in [-0.2, 0) is 6.54 Å². The topological polar surface area (TPSA) is 46.8 Å². The van der Waals surface area contributed by atoms with E-state index in [9.17, 15) is 4.39 Å². The number of hydrogen-bond acceptors (Lipinski definition) is 4. The first-order valence-corrected chi connectivity index (χ1v) is 10.7. The first kappa shape index (κ1) is 19.6.